The van der Waals surface area contributed by atoms with Crippen LogP contribution in [0.15, 0.2) is 42.5 Å². The Kier molecular flexibility index (Phi) is 9.15. The van der Waals surface area contributed by atoms with E-state index in [1.54, 1.807) is 34.9 Å². The molecule has 0 aromatic heterocycles. The van der Waals surface area contributed by atoms with Crippen molar-refractivity contribution in [3.05, 3.63) is 58.6 Å². The lowest BCUT2D eigenvalue weighted by atomic mass is 9.95. The summed E-state index contributed by atoms with van der Waals surface area (Å²) in [6.07, 6.45) is 5.40. The Morgan fingerprint density at radius 1 is 1.11 bits per heavy atom. The number of fused-ring (bicyclic) bond motifs is 1. The Morgan fingerprint density at radius 3 is 2.55 bits per heavy atom. The molecule has 0 bridgehead atoms. The van der Waals surface area contributed by atoms with Crippen molar-refractivity contribution in [3.63, 3.8) is 0 Å². The van der Waals surface area contributed by atoms with Crippen molar-refractivity contribution in [3.8, 4) is 5.75 Å². The van der Waals surface area contributed by atoms with Gasteiger partial charge in [-0.25, -0.2) is 4.79 Å². The van der Waals surface area contributed by atoms with Gasteiger partial charge >= 0.3 is 6.03 Å². The van der Waals surface area contributed by atoms with Crippen LogP contribution in [0, 0.1) is 0 Å². The van der Waals surface area contributed by atoms with Crippen molar-refractivity contribution >= 4 is 35.1 Å². The predicted octanol–water partition coefficient (Wildman–Crippen LogP) is 5.14. The Bertz CT molecular complexity index is 1170. The van der Waals surface area contributed by atoms with Crippen LogP contribution in [0.4, 0.5) is 10.5 Å². The third-order valence-electron chi connectivity index (χ3n) is 7.27. The zero-order valence-electron chi connectivity index (χ0n) is 22.3. The van der Waals surface area contributed by atoms with Crippen molar-refractivity contribution in [1.29, 1.82) is 0 Å². The van der Waals surface area contributed by atoms with Crippen LogP contribution in [0.1, 0.15) is 68.8 Å². The molecule has 2 atom stereocenters. The number of benzene rings is 2. The summed E-state index contributed by atoms with van der Waals surface area (Å²) in [5, 5.41) is 6.25. The number of hydrogen-bond acceptors (Lipinski definition) is 4. The van der Waals surface area contributed by atoms with Gasteiger partial charge in [0.25, 0.3) is 5.91 Å². The summed E-state index contributed by atoms with van der Waals surface area (Å²) in [4.78, 5) is 43.2. The maximum atomic E-state index is 13.7. The first-order valence-electron chi connectivity index (χ1n) is 13.5. The first-order valence-corrected chi connectivity index (χ1v) is 13.9. The number of hydrogen-bond donors (Lipinski definition) is 2. The van der Waals surface area contributed by atoms with Gasteiger partial charge in [0.2, 0.25) is 5.91 Å². The van der Waals surface area contributed by atoms with Crippen molar-refractivity contribution in [2.24, 2.45) is 0 Å². The maximum Gasteiger partial charge on any atom is 0.318 e. The third-order valence-corrected chi connectivity index (χ3v) is 7.59. The Labute approximate surface area is 229 Å². The molecule has 9 heteroatoms. The quantitative estimate of drug-likeness (QED) is 0.531. The lowest BCUT2D eigenvalue weighted by Crippen LogP contribution is -2.54. The van der Waals surface area contributed by atoms with Crippen molar-refractivity contribution in [2.75, 3.05) is 18.1 Å². The summed E-state index contributed by atoms with van der Waals surface area (Å²) in [5.74, 6) is 0.179. The van der Waals surface area contributed by atoms with Crippen molar-refractivity contribution in [2.45, 2.75) is 77.5 Å². The number of urea groups is 1. The summed E-state index contributed by atoms with van der Waals surface area (Å²) in [6.45, 7) is 6.57. The van der Waals surface area contributed by atoms with Crippen LogP contribution in [0.25, 0.3) is 0 Å². The second-order valence-electron chi connectivity index (χ2n) is 10.1. The first-order chi connectivity index (χ1) is 18.3. The van der Waals surface area contributed by atoms with Crippen LogP contribution in [-0.4, -0.2) is 54.0 Å². The SMILES string of the molecule is CCOc1ccc(C(=O)N2C[C@H](C)N(C(=O)N[C@H](C)C(=O)NC3CCCCC3)Cc3ccccc32)c(Cl)c1. The minimum atomic E-state index is -0.671. The molecular formula is C29H37ClN4O4. The highest BCUT2D eigenvalue weighted by Crippen LogP contribution is 2.31. The molecule has 0 unspecified atom stereocenters. The van der Waals surface area contributed by atoms with Crippen LogP contribution in [0.2, 0.25) is 5.02 Å². The number of rotatable bonds is 6. The van der Waals surface area contributed by atoms with Gasteiger partial charge in [-0.2, -0.15) is 0 Å². The molecule has 0 radical (unpaired) electrons. The number of nitrogens with zero attached hydrogens (tertiary/aromatic N) is 2. The Balaban J connectivity index is 1.50. The number of carbonyl (C=O) groups is 3. The van der Waals surface area contributed by atoms with Gasteiger partial charge in [-0.1, -0.05) is 49.1 Å². The van der Waals surface area contributed by atoms with Gasteiger partial charge in [0.1, 0.15) is 11.8 Å². The van der Waals surface area contributed by atoms with Crippen LogP contribution < -0.4 is 20.3 Å². The van der Waals surface area contributed by atoms with Crippen molar-refractivity contribution < 1.29 is 19.1 Å². The fourth-order valence-corrected chi connectivity index (χ4v) is 5.40. The molecule has 1 aliphatic carbocycles. The number of para-hydroxylation sites is 1. The van der Waals surface area contributed by atoms with E-state index in [1.165, 1.54) is 6.42 Å². The number of halogens is 1. The molecule has 2 aromatic rings. The molecule has 4 amide bonds. The minimum Gasteiger partial charge on any atom is -0.494 e. The molecule has 2 aromatic carbocycles. The summed E-state index contributed by atoms with van der Waals surface area (Å²) < 4.78 is 5.50. The molecule has 1 saturated carbocycles. The molecule has 1 aliphatic heterocycles. The number of ether oxygens (including phenoxy) is 1. The molecule has 1 fully saturated rings. The fourth-order valence-electron chi connectivity index (χ4n) is 5.15. The lowest BCUT2D eigenvalue weighted by Gasteiger charge is -2.31. The molecule has 0 spiro atoms. The largest absolute Gasteiger partial charge is 0.494 e. The van der Waals surface area contributed by atoms with E-state index in [0.717, 1.165) is 36.9 Å². The average Bonchev–Trinajstić information content (AvgIpc) is 3.05. The maximum absolute atomic E-state index is 13.7. The van der Waals surface area contributed by atoms with E-state index in [0.29, 0.717) is 29.5 Å². The van der Waals surface area contributed by atoms with Crippen LogP contribution in [-0.2, 0) is 11.3 Å². The van der Waals surface area contributed by atoms with Gasteiger partial charge < -0.3 is 25.2 Å². The van der Waals surface area contributed by atoms with E-state index in [4.69, 9.17) is 16.3 Å². The van der Waals surface area contributed by atoms with E-state index in [-0.39, 0.29) is 36.5 Å². The van der Waals surface area contributed by atoms with E-state index < -0.39 is 6.04 Å². The molecule has 0 saturated heterocycles. The molecule has 4 rings (SSSR count). The van der Waals surface area contributed by atoms with Gasteiger partial charge in [0.15, 0.2) is 0 Å². The monoisotopic (exact) mass is 540 g/mol. The highest BCUT2D eigenvalue weighted by atomic mass is 35.5. The first kappa shape index (κ1) is 27.8. The second kappa shape index (κ2) is 12.5. The van der Waals surface area contributed by atoms with E-state index in [9.17, 15) is 14.4 Å². The van der Waals surface area contributed by atoms with Gasteiger partial charge in [-0.05, 0) is 63.4 Å². The van der Waals surface area contributed by atoms with Crippen LogP contribution in [0.5, 0.6) is 5.75 Å². The number of carbonyl (C=O) groups excluding carboxylic acids is 3. The van der Waals surface area contributed by atoms with Gasteiger partial charge in [-0.15, -0.1) is 0 Å². The summed E-state index contributed by atoms with van der Waals surface area (Å²) in [6, 6.07) is 11.4. The molecule has 2 aliphatic rings. The van der Waals surface area contributed by atoms with Crippen LogP contribution in [0.3, 0.4) is 0 Å². The molecule has 2 N–H and O–H groups in total. The highest BCUT2D eigenvalue weighted by Gasteiger charge is 2.33. The number of amides is 4. The average molecular weight is 541 g/mol. The standard InChI is InChI=1S/C29H37ClN4O4/c1-4-38-23-14-15-24(25(30)16-23)28(36)34-17-19(2)33(18-21-10-8-9-13-26(21)34)29(37)31-20(3)27(35)32-22-11-6-5-7-12-22/h8-10,13-16,19-20,22H,4-7,11-12,17-18H2,1-3H3,(H,31,37)(H,32,35)/t19-,20+/m0/s1. The number of anilines is 1. The highest BCUT2D eigenvalue weighted by molar-refractivity contribution is 6.34. The Morgan fingerprint density at radius 2 is 1.84 bits per heavy atom. The lowest BCUT2D eigenvalue weighted by molar-refractivity contribution is -0.123. The van der Waals surface area contributed by atoms with E-state index in [2.05, 4.69) is 10.6 Å². The molecule has 38 heavy (non-hydrogen) atoms. The second-order valence-corrected chi connectivity index (χ2v) is 10.5. The zero-order chi connectivity index (χ0) is 27.2. The normalized spacial score (nSPS) is 18.7. The molecule has 1 heterocycles. The molecule has 8 nitrogen and oxygen atoms in total. The number of nitrogens with one attached hydrogen (secondary N) is 2. The van der Waals surface area contributed by atoms with Gasteiger partial charge in [0, 0.05) is 30.9 Å². The van der Waals surface area contributed by atoms with Gasteiger partial charge in [0.05, 0.1) is 17.2 Å². The zero-order valence-corrected chi connectivity index (χ0v) is 23.1. The summed E-state index contributed by atoms with van der Waals surface area (Å²) in [5.41, 5.74) is 1.93. The fraction of sp³-hybridized carbons (Fsp3) is 0.483. The molecular weight excluding hydrogens is 504 g/mol. The van der Waals surface area contributed by atoms with Crippen molar-refractivity contribution in [1.82, 2.24) is 15.5 Å². The van der Waals surface area contributed by atoms with E-state index in [1.807, 2.05) is 38.1 Å². The smallest absolute Gasteiger partial charge is 0.318 e. The topological polar surface area (TPSA) is 91.0 Å². The summed E-state index contributed by atoms with van der Waals surface area (Å²) in [7, 11) is 0. The summed E-state index contributed by atoms with van der Waals surface area (Å²) >= 11 is 6.48. The molecule has 204 valence electrons. The minimum absolute atomic E-state index is 0.171. The van der Waals surface area contributed by atoms with Crippen LogP contribution >= 0.6 is 11.6 Å². The third kappa shape index (κ3) is 6.41. The predicted molar refractivity (Wildman–Crippen MR) is 149 cm³/mol. The Hall–Kier alpha value is -3.26. The van der Waals surface area contributed by atoms with E-state index >= 15 is 0 Å². The van der Waals surface area contributed by atoms with Gasteiger partial charge in [-0.3, -0.25) is 9.59 Å².